The normalized spacial score (nSPS) is 16.3. The molecule has 1 heterocycles. The Bertz CT molecular complexity index is 861. The van der Waals surface area contributed by atoms with Gasteiger partial charge in [-0.05, 0) is 36.5 Å². The third-order valence-corrected chi connectivity index (χ3v) is 4.77. The molecular formula is C19H18F2N2O2S. The lowest BCUT2D eigenvalue weighted by Crippen LogP contribution is -2.20. The van der Waals surface area contributed by atoms with Crippen LogP contribution >= 0.6 is 11.3 Å². The van der Waals surface area contributed by atoms with Crippen LogP contribution in [0.2, 0.25) is 0 Å². The summed E-state index contributed by atoms with van der Waals surface area (Å²) in [4.78, 5) is 16.3. The first-order valence-electron chi connectivity index (χ1n) is 8.27. The molecule has 26 heavy (non-hydrogen) atoms. The van der Waals surface area contributed by atoms with Gasteiger partial charge in [-0.3, -0.25) is 10.1 Å². The Balaban J connectivity index is 1.56. The van der Waals surface area contributed by atoms with E-state index in [1.807, 2.05) is 11.5 Å². The maximum Gasteiger partial charge on any atom is 0.264 e. The number of carbonyl (C=O) groups is 1. The highest BCUT2D eigenvalue weighted by molar-refractivity contribution is 7.14. The Morgan fingerprint density at radius 2 is 2.27 bits per heavy atom. The molecule has 136 valence electrons. The number of amides is 1. The Hall–Kier alpha value is -2.54. The molecule has 0 aliphatic heterocycles. The summed E-state index contributed by atoms with van der Waals surface area (Å²) in [6, 6.07) is 2.83. The fourth-order valence-electron chi connectivity index (χ4n) is 2.51. The molecule has 1 atom stereocenters. The van der Waals surface area contributed by atoms with Crippen molar-refractivity contribution in [3.8, 4) is 5.75 Å². The predicted octanol–water partition coefficient (Wildman–Crippen LogP) is 4.81. The molecule has 0 fully saturated rings. The largest absolute Gasteiger partial charge is 0.481 e. The van der Waals surface area contributed by atoms with Crippen molar-refractivity contribution in [3.63, 3.8) is 0 Å². The Kier molecular flexibility index (Phi) is 5.78. The Morgan fingerprint density at radius 3 is 3.00 bits per heavy atom. The highest BCUT2D eigenvalue weighted by Gasteiger charge is 2.13. The molecule has 0 saturated carbocycles. The van der Waals surface area contributed by atoms with Crippen molar-refractivity contribution in [2.75, 3.05) is 11.9 Å². The Labute approximate surface area is 154 Å². The number of rotatable bonds is 6. The van der Waals surface area contributed by atoms with Crippen molar-refractivity contribution in [3.05, 3.63) is 59.1 Å². The van der Waals surface area contributed by atoms with Crippen molar-refractivity contribution >= 4 is 27.9 Å². The van der Waals surface area contributed by atoms with Gasteiger partial charge >= 0.3 is 0 Å². The molecule has 7 heteroatoms. The van der Waals surface area contributed by atoms with Gasteiger partial charge in [0, 0.05) is 11.4 Å². The maximum atomic E-state index is 13.5. The van der Waals surface area contributed by atoms with Crippen molar-refractivity contribution in [1.29, 1.82) is 0 Å². The molecular weight excluding hydrogens is 358 g/mol. The minimum atomic E-state index is -0.725. The molecule has 0 saturated heterocycles. The van der Waals surface area contributed by atoms with Crippen LogP contribution in [0.1, 0.15) is 25.5 Å². The number of hydrogen-bond donors (Lipinski definition) is 1. The van der Waals surface area contributed by atoms with Gasteiger partial charge in [-0.25, -0.2) is 13.8 Å². The van der Waals surface area contributed by atoms with E-state index in [2.05, 4.69) is 29.4 Å². The number of hydrogen-bond acceptors (Lipinski definition) is 4. The molecule has 0 bridgehead atoms. The number of anilines is 1. The number of aromatic nitrogens is 1. The summed E-state index contributed by atoms with van der Waals surface area (Å²) >= 11 is 1.30. The molecule has 1 aromatic heterocycles. The fraction of sp³-hybridized carbons (Fsp3) is 0.263. The average Bonchev–Trinajstić information content (AvgIpc) is 3.11. The summed E-state index contributed by atoms with van der Waals surface area (Å²) in [7, 11) is 0. The number of halogens is 2. The Morgan fingerprint density at radius 1 is 1.42 bits per heavy atom. The van der Waals surface area contributed by atoms with E-state index in [9.17, 15) is 13.6 Å². The second kappa shape index (κ2) is 8.23. The van der Waals surface area contributed by atoms with E-state index in [0.29, 0.717) is 11.0 Å². The molecule has 1 unspecified atom stereocenters. The fourth-order valence-corrected chi connectivity index (χ4v) is 3.24. The first-order valence-corrected chi connectivity index (χ1v) is 9.15. The van der Waals surface area contributed by atoms with E-state index in [4.69, 9.17) is 4.74 Å². The van der Waals surface area contributed by atoms with Gasteiger partial charge in [0.25, 0.3) is 5.91 Å². The second-order valence-corrected chi connectivity index (χ2v) is 6.73. The minimum Gasteiger partial charge on any atom is -0.481 e. The van der Waals surface area contributed by atoms with E-state index in [0.717, 1.165) is 42.3 Å². The summed E-state index contributed by atoms with van der Waals surface area (Å²) in [6.07, 6.45) is 8.45. The highest BCUT2D eigenvalue weighted by Crippen LogP contribution is 2.28. The van der Waals surface area contributed by atoms with Crippen LogP contribution < -0.4 is 10.1 Å². The smallest absolute Gasteiger partial charge is 0.264 e. The van der Waals surface area contributed by atoms with Crippen molar-refractivity contribution in [2.24, 2.45) is 5.92 Å². The zero-order chi connectivity index (χ0) is 18.5. The quantitative estimate of drug-likeness (QED) is 0.787. The first-order chi connectivity index (χ1) is 12.5. The van der Waals surface area contributed by atoms with Gasteiger partial charge in [0.05, 0.1) is 5.69 Å². The number of ether oxygens (including phenoxy) is 1. The SMILES string of the molecule is CCC1C=CC(c2csc(NC(=O)COc3cc(F)ccc3F)n2)=CC1. The molecule has 1 aromatic carbocycles. The molecule has 2 aromatic rings. The van der Waals surface area contributed by atoms with E-state index >= 15 is 0 Å². The van der Waals surface area contributed by atoms with Crippen LogP contribution in [0.5, 0.6) is 5.75 Å². The van der Waals surface area contributed by atoms with Gasteiger partial charge < -0.3 is 4.74 Å². The summed E-state index contributed by atoms with van der Waals surface area (Å²) in [5.41, 5.74) is 1.83. The molecule has 1 aliphatic carbocycles. The van der Waals surface area contributed by atoms with Gasteiger partial charge in [0.15, 0.2) is 23.3 Å². The van der Waals surface area contributed by atoms with E-state index in [-0.39, 0.29) is 5.75 Å². The van der Waals surface area contributed by atoms with E-state index in [1.165, 1.54) is 11.3 Å². The molecule has 0 radical (unpaired) electrons. The van der Waals surface area contributed by atoms with E-state index in [1.54, 1.807) is 0 Å². The van der Waals surface area contributed by atoms with Crippen LogP contribution in [0, 0.1) is 17.6 Å². The third-order valence-electron chi connectivity index (χ3n) is 4.01. The number of carbonyl (C=O) groups excluding carboxylic acids is 1. The van der Waals surface area contributed by atoms with Gasteiger partial charge in [0.1, 0.15) is 5.82 Å². The minimum absolute atomic E-state index is 0.303. The van der Waals surface area contributed by atoms with Crippen LogP contribution in [0.4, 0.5) is 13.9 Å². The van der Waals surface area contributed by atoms with Gasteiger partial charge in [0.2, 0.25) is 0 Å². The standard InChI is InChI=1S/C19H18F2N2O2S/c1-2-12-3-5-13(6-4-12)16-11-26-19(22-16)23-18(24)10-25-17-9-14(20)7-8-15(17)21/h3,5-9,11-12H,2,4,10H2,1H3,(H,22,23,24). The molecule has 1 aliphatic rings. The lowest BCUT2D eigenvalue weighted by molar-refractivity contribution is -0.118. The monoisotopic (exact) mass is 376 g/mol. The summed E-state index contributed by atoms with van der Waals surface area (Å²) in [5.74, 6) is -1.59. The zero-order valence-electron chi connectivity index (χ0n) is 14.2. The van der Waals surface area contributed by atoms with Crippen LogP contribution in [0.15, 0.2) is 41.8 Å². The van der Waals surface area contributed by atoms with Gasteiger partial charge in [-0.2, -0.15) is 0 Å². The van der Waals surface area contributed by atoms with Crippen LogP contribution in [-0.2, 0) is 4.79 Å². The lowest BCUT2D eigenvalue weighted by atomic mass is 9.94. The van der Waals surface area contributed by atoms with Gasteiger partial charge in [-0.1, -0.05) is 25.2 Å². The lowest BCUT2D eigenvalue weighted by Gasteiger charge is -2.12. The topological polar surface area (TPSA) is 51.2 Å². The summed E-state index contributed by atoms with van der Waals surface area (Å²) in [6.45, 7) is 1.72. The molecule has 0 spiro atoms. The van der Waals surface area contributed by atoms with Crippen LogP contribution in [-0.4, -0.2) is 17.5 Å². The van der Waals surface area contributed by atoms with Crippen LogP contribution in [0.3, 0.4) is 0 Å². The number of thiazole rings is 1. The number of allylic oxidation sites excluding steroid dienone is 4. The average molecular weight is 376 g/mol. The number of nitrogens with zero attached hydrogens (tertiary/aromatic N) is 1. The molecule has 1 amide bonds. The van der Waals surface area contributed by atoms with Crippen LogP contribution in [0.25, 0.3) is 5.57 Å². The zero-order valence-corrected chi connectivity index (χ0v) is 15.0. The number of nitrogens with one attached hydrogen (secondary N) is 1. The summed E-state index contributed by atoms with van der Waals surface area (Å²) < 4.78 is 31.6. The summed E-state index contributed by atoms with van der Waals surface area (Å²) in [5, 5.41) is 4.90. The maximum absolute atomic E-state index is 13.5. The van der Waals surface area contributed by atoms with Crippen molar-refractivity contribution in [2.45, 2.75) is 19.8 Å². The molecule has 3 rings (SSSR count). The van der Waals surface area contributed by atoms with Crippen molar-refractivity contribution in [1.82, 2.24) is 4.98 Å². The molecule has 4 nitrogen and oxygen atoms in total. The predicted molar refractivity (Wildman–Crippen MR) is 98.1 cm³/mol. The number of benzene rings is 1. The second-order valence-electron chi connectivity index (χ2n) is 5.87. The van der Waals surface area contributed by atoms with E-state index < -0.39 is 24.1 Å². The first kappa shape index (κ1) is 18.3. The third kappa shape index (κ3) is 4.54. The molecule has 1 N–H and O–H groups in total. The van der Waals surface area contributed by atoms with Gasteiger partial charge in [-0.15, -0.1) is 11.3 Å². The van der Waals surface area contributed by atoms with Crippen molar-refractivity contribution < 1.29 is 18.3 Å². The highest BCUT2D eigenvalue weighted by atomic mass is 32.1.